The summed E-state index contributed by atoms with van der Waals surface area (Å²) in [6.07, 6.45) is 1.07. The molecule has 2 aliphatic rings. The van der Waals surface area contributed by atoms with Crippen LogP contribution < -0.4 is 10.6 Å². The number of carbonyl (C=O) groups is 1. The highest BCUT2D eigenvalue weighted by molar-refractivity contribution is 7.99. The summed E-state index contributed by atoms with van der Waals surface area (Å²) in [5.74, 6) is -0.348. The Morgan fingerprint density at radius 3 is 2.53 bits per heavy atom. The summed E-state index contributed by atoms with van der Waals surface area (Å²) in [5, 5.41) is 0.774. The second-order valence-corrected chi connectivity index (χ2v) is 11.0. The maximum atomic E-state index is 15.1. The average molecular weight is 541 g/mol. The Kier molecular flexibility index (Phi) is 7.04. The number of ether oxygens (including phenoxy) is 1. The van der Waals surface area contributed by atoms with Gasteiger partial charge in [-0.05, 0) is 50.6 Å². The first-order valence-electron chi connectivity index (χ1n) is 12.5. The molecule has 7 nitrogen and oxygen atoms in total. The van der Waals surface area contributed by atoms with E-state index in [-0.39, 0.29) is 29.7 Å². The van der Waals surface area contributed by atoms with Crippen LogP contribution in [0, 0.1) is 18.6 Å². The summed E-state index contributed by atoms with van der Waals surface area (Å²) in [6, 6.07) is 5.24. The van der Waals surface area contributed by atoms with Gasteiger partial charge in [0.15, 0.2) is 0 Å². The number of amides is 1. The van der Waals surface area contributed by atoms with Gasteiger partial charge in [0.1, 0.15) is 17.5 Å². The van der Waals surface area contributed by atoms with Crippen LogP contribution in [0.2, 0.25) is 0 Å². The molecule has 3 aromatic rings. The zero-order valence-electron chi connectivity index (χ0n) is 21.8. The van der Waals surface area contributed by atoms with E-state index in [0.717, 1.165) is 21.9 Å². The van der Waals surface area contributed by atoms with Crippen LogP contribution in [0.15, 0.2) is 46.6 Å². The summed E-state index contributed by atoms with van der Waals surface area (Å²) in [6.45, 7) is 10.7. The van der Waals surface area contributed by atoms with Crippen LogP contribution in [-0.4, -0.2) is 64.5 Å². The molecule has 1 aromatic heterocycles. The zero-order valence-corrected chi connectivity index (χ0v) is 22.6. The lowest BCUT2D eigenvalue weighted by Gasteiger charge is -2.44. The number of piperazine rings is 1. The van der Waals surface area contributed by atoms with Crippen LogP contribution in [0.1, 0.15) is 19.4 Å². The van der Waals surface area contributed by atoms with Crippen molar-refractivity contribution in [3.8, 4) is 11.1 Å². The molecule has 0 unspecified atom stereocenters. The van der Waals surface area contributed by atoms with E-state index < -0.39 is 17.3 Å². The molecule has 1 saturated heterocycles. The number of hydrogen-bond acceptors (Lipinski definition) is 6. The van der Waals surface area contributed by atoms with Gasteiger partial charge in [-0.25, -0.2) is 13.6 Å². The fourth-order valence-corrected chi connectivity index (χ4v) is 7.08. The number of rotatable bonds is 4. The molecular formula is C28H30F2N4O3S. The second-order valence-electron chi connectivity index (χ2n) is 9.97. The fourth-order valence-electron chi connectivity index (χ4n) is 5.71. The minimum Gasteiger partial charge on any atom is -0.379 e. The summed E-state index contributed by atoms with van der Waals surface area (Å²) in [4.78, 5) is 35.1. The Balaban J connectivity index is 1.75. The highest BCUT2D eigenvalue weighted by Crippen LogP contribution is 2.44. The SMILES string of the molecule is C=CC(=O)N1[C@H](C)CN(c2nc(=O)n3c4c(c(-c5ccc(F)cc5F)c(C)cc24)SC[C@@H](OC)C3)C[C@@H]1C. The van der Waals surface area contributed by atoms with Gasteiger partial charge in [0.05, 0.1) is 18.2 Å². The number of carbonyl (C=O) groups excluding carboxylic acids is 1. The van der Waals surface area contributed by atoms with Crippen molar-refractivity contribution < 1.29 is 18.3 Å². The van der Waals surface area contributed by atoms with Gasteiger partial charge in [0.2, 0.25) is 5.91 Å². The van der Waals surface area contributed by atoms with E-state index in [1.165, 1.54) is 30.0 Å². The van der Waals surface area contributed by atoms with Gasteiger partial charge in [0, 0.05) is 65.5 Å². The number of aromatic nitrogens is 2. The van der Waals surface area contributed by atoms with Crippen LogP contribution >= 0.6 is 11.8 Å². The van der Waals surface area contributed by atoms with E-state index in [4.69, 9.17) is 4.74 Å². The standard InChI is InChI=1S/C28H30F2N4O3S/c1-6-23(35)34-16(3)11-32(12-17(34)4)27-21-9-15(2)24(20-8-7-18(29)10-22(20)30)26-25(21)33(28(36)31-27)13-19(37-5)14-38-26/h6-10,16-17,19H,1,11-14H2,2-5H3/t16-,17+,19-/m0/s1. The Bertz CT molecular complexity index is 1500. The van der Waals surface area contributed by atoms with Gasteiger partial charge in [-0.3, -0.25) is 9.36 Å². The van der Waals surface area contributed by atoms with Crippen molar-refractivity contribution >= 4 is 34.4 Å². The smallest absolute Gasteiger partial charge is 0.350 e. The van der Waals surface area contributed by atoms with Crippen molar-refractivity contribution in [2.75, 3.05) is 30.9 Å². The molecule has 0 aliphatic carbocycles. The van der Waals surface area contributed by atoms with Gasteiger partial charge < -0.3 is 14.5 Å². The number of thioether (sulfide) groups is 1. The Hall–Kier alpha value is -3.24. The van der Waals surface area contributed by atoms with Crippen LogP contribution in [0.5, 0.6) is 0 Å². The Morgan fingerprint density at radius 1 is 1.18 bits per heavy atom. The largest absolute Gasteiger partial charge is 0.379 e. The number of benzene rings is 2. The Labute approximate surface area is 224 Å². The molecule has 38 heavy (non-hydrogen) atoms. The van der Waals surface area contributed by atoms with Crippen molar-refractivity contribution in [1.29, 1.82) is 0 Å². The molecular weight excluding hydrogens is 510 g/mol. The lowest BCUT2D eigenvalue weighted by Crippen LogP contribution is -2.58. The molecule has 2 aliphatic heterocycles. The third-order valence-electron chi connectivity index (χ3n) is 7.38. The minimum absolute atomic E-state index is 0.125. The molecule has 0 N–H and O–H groups in total. The number of methoxy groups -OCH3 is 1. The predicted octanol–water partition coefficient (Wildman–Crippen LogP) is 4.38. The molecule has 0 bridgehead atoms. The summed E-state index contributed by atoms with van der Waals surface area (Å²) in [5.41, 5.74) is 1.94. The van der Waals surface area contributed by atoms with E-state index in [2.05, 4.69) is 11.6 Å². The van der Waals surface area contributed by atoms with Crippen LogP contribution in [0.4, 0.5) is 14.6 Å². The summed E-state index contributed by atoms with van der Waals surface area (Å²) in [7, 11) is 1.60. The molecule has 3 heterocycles. The van der Waals surface area contributed by atoms with Crippen LogP contribution in [0.3, 0.4) is 0 Å². The quantitative estimate of drug-likeness (QED) is 0.458. The normalized spacial score (nSPS) is 21.5. The maximum absolute atomic E-state index is 15.1. The van der Waals surface area contributed by atoms with Gasteiger partial charge >= 0.3 is 5.69 Å². The second kappa shape index (κ2) is 10.1. The lowest BCUT2D eigenvalue weighted by atomic mass is 9.97. The van der Waals surface area contributed by atoms with Crippen molar-refractivity contribution in [3.63, 3.8) is 0 Å². The highest BCUT2D eigenvalue weighted by atomic mass is 32.2. The van der Waals surface area contributed by atoms with Crippen molar-refractivity contribution in [1.82, 2.24) is 14.5 Å². The molecule has 2 aromatic carbocycles. The van der Waals surface area contributed by atoms with Gasteiger partial charge in [-0.15, -0.1) is 11.8 Å². The zero-order chi connectivity index (χ0) is 27.3. The molecule has 0 spiro atoms. The number of aryl methyl sites for hydroxylation is 1. The molecule has 3 atom stereocenters. The van der Waals surface area contributed by atoms with E-state index >= 15 is 4.39 Å². The number of nitrogens with zero attached hydrogens (tertiary/aromatic N) is 4. The highest BCUT2D eigenvalue weighted by Gasteiger charge is 2.34. The fraction of sp³-hybridized carbons (Fsp3) is 0.393. The first-order chi connectivity index (χ1) is 18.1. The Morgan fingerprint density at radius 2 is 1.89 bits per heavy atom. The van der Waals surface area contributed by atoms with E-state index in [1.54, 1.807) is 16.6 Å². The lowest BCUT2D eigenvalue weighted by molar-refractivity contribution is -0.130. The number of anilines is 1. The van der Waals surface area contributed by atoms with Crippen molar-refractivity contribution in [3.05, 3.63) is 64.6 Å². The predicted molar refractivity (Wildman–Crippen MR) is 146 cm³/mol. The van der Waals surface area contributed by atoms with Crippen molar-refractivity contribution in [2.24, 2.45) is 0 Å². The first kappa shape index (κ1) is 26.4. The minimum atomic E-state index is -0.661. The molecule has 1 amide bonds. The summed E-state index contributed by atoms with van der Waals surface area (Å²) < 4.78 is 36.1. The van der Waals surface area contributed by atoms with Gasteiger partial charge in [0.25, 0.3) is 0 Å². The van der Waals surface area contributed by atoms with Gasteiger partial charge in [-0.2, -0.15) is 4.98 Å². The third-order valence-corrected chi connectivity index (χ3v) is 8.60. The molecule has 1 fully saturated rings. The molecule has 0 radical (unpaired) electrons. The van der Waals surface area contributed by atoms with Crippen LogP contribution in [-0.2, 0) is 16.1 Å². The van der Waals surface area contributed by atoms with Crippen LogP contribution in [0.25, 0.3) is 22.0 Å². The average Bonchev–Trinajstić information content (AvgIpc) is 3.07. The van der Waals surface area contributed by atoms with Gasteiger partial charge in [-0.1, -0.05) is 6.58 Å². The van der Waals surface area contributed by atoms with Crippen molar-refractivity contribution in [2.45, 2.75) is 50.4 Å². The van der Waals surface area contributed by atoms with E-state index in [0.29, 0.717) is 42.3 Å². The van der Waals surface area contributed by atoms with E-state index in [1.807, 2.05) is 31.7 Å². The summed E-state index contributed by atoms with van der Waals surface area (Å²) >= 11 is 1.50. The number of halogens is 2. The first-order valence-corrected chi connectivity index (χ1v) is 13.5. The topological polar surface area (TPSA) is 67.7 Å². The van der Waals surface area contributed by atoms with E-state index in [9.17, 15) is 14.0 Å². The molecule has 0 saturated carbocycles. The maximum Gasteiger partial charge on any atom is 0.350 e. The molecule has 5 rings (SSSR count). The molecule has 200 valence electrons. The third kappa shape index (κ3) is 4.39. The number of hydrogen-bond donors (Lipinski definition) is 0. The molecule has 10 heteroatoms. The monoisotopic (exact) mass is 540 g/mol.